The molecule has 0 fully saturated rings. The lowest BCUT2D eigenvalue weighted by Crippen LogP contribution is -2.06. The van der Waals surface area contributed by atoms with E-state index in [2.05, 4.69) is 5.32 Å². The predicted octanol–water partition coefficient (Wildman–Crippen LogP) is 5.58. The van der Waals surface area contributed by atoms with Gasteiger partial charge in [0.1, 0.15) is 6.61 Å². The van der Waals surface area contributed by atoms with Crippen LogP contribution in [0, 0.1) is 0 Å². The van der Waals surface area contributed by atoms with E-state index in [1.165, 1.54) is 13.0 Å². The first-order valence-electron chi connectivity index (χ1n) is 9.57. The molecule has 154 valence electrons. The molecule has 0 aliphatic carbocycles. The molecule has 0 saturated carbocycles. The Morgan fingerprint density at radius 2 is 1.90 bits per heavy atom. The van der Waals surface area contributed by atoms with Gasteiger partial charge in [-0.1, -0.05) is 30.3 Å². The molecule has 0 aliphatic rings. The van der Waals surface area contributed by atoms with Gasteiger partial charge >= 0.3 is 0 Å². The minimum Gasteiger partial charge on any atom is -0.490 e. The van der Waals surface area contributed by atoms with E-state index in [1.54, 1.807) is 41.7 Å². The summed E-state index contributed by atoms with van der Waals surface area (Å²) >= 11 is 1.64. The molecule has 3 rings (SSSR count). The quantitative estimate of drug-likeness (QED) is 0.362. The number of rotatable bonds is 9. The first kappa shape index (κ1) is 21.3. The van der Waals surface area contributed by atoms with Crippen molar-refractivity contribution in [1.29, 1.82) is 0 Å². The standard InChI is InChI=1S/C24H23NO4S/c1-3-28-24-14-18(10-12-23(24)29-16-21-8-5-13-30-21)9-11-22(27)19-6-4-7-20(15-19)25-17(2)26/h4-15H,3,16H2,1-2H3,(H,25,26)/b11-9+. The van der Waals surface area contributed by atoms with E-state index in [4.69, 9.17) is 9.47 Å². The first-order valence-corrected chi connectivity index (χ1v) is 10.4. The lowest BCUT2D eigenvalue weighted by molar-refractivity contribution is -0.114. The molecular formula is C24H23NO4S. The van der Waals surface area contributed by atoms with Gasteiger partial charge in [-0.25, -0.2) is 0 Å². The second kappa shape index (κ2) is 10.4. The summed E-state index contributed by atoms with van der Waals surface area (Å²) in [4.78, 5) is 24.8. The number of anilines is 1. The molecule has 1 aromatic heterocycles. The number of thiophene rings is 1. The van der Waals surface area contributed by atoms with Crippen molar-refractivity contribution in [3.8, 4) is 11.5 Å². The molecule has 2 aromatic carbocycles. The molecule has 30 heavy (non-hydrogen) atoms. The van der Waals surface area contributed by atoms with Gasteiger partial charge in [0.2, 0.25) is 5.91 Å². The van der Waals surface area contributed by atoms with Crippen LogP contribution in [0.4, 0.5) is 5.69 Å². The average molecular weight is 422 g/mol. The van der Waals surface area contributed by atoms with Gasteiger partial charge in [-0.15, -0.1) is 11.3 Å². The minimum atomic E-state index is -0.181. The van der Waals surface area contributed by atoms with Crippen LogP contribution in [0.25, 0.3) is 6.08 Å². The van der Waals surface area contributed by atoms with Crippen LogP contribution in [0.5, 0.6) is 11.5 Å². The van der Waals surface area contributed by atoms with Crippen molar-refractivity contribution in [2.24, 2.45) is 0 Å². The molecule has 0 aliphatic heterocycles. The van der Waals surface area contributed by atoms with Crippen molar-refractivity contribution >= 4 is 34.8 Å². The number of nitrogens with one attached hydrogen (secondary N) is 1. The summed E-state index contributed by atoms with van der Waals surface area (Å²) in [6.07, 6.45) is 3.24. The lowest BCUT2D eigenvalue weighted by atomic mass is 10.1. The molecule has 1 N–H and O–H groups in total. The van der Waals surface area contributed by atoms with Crippen LogP contribution in [0.15, 0.2) is 66.1 Å². The number of benzene rings is 2. The fraction of sp³-hybridized carbons (Fsp3) is 0.167. The van der Waals surface area contributed by atoms with Gasteiger partial charge in [-0.2, -0.15) is 0 Å². The third-order valence-corrected chi connectivity index (χ3v) is 4.96. The summed E-state index contributed by atoms with van der Waals surface area (Å²) in [7, 11) is 0. The second-order valence-electron chi connectivity index (χ2n) is 6.47. The van der Waals surface area contributed by atoms with Crippen molar-refractivity contribution in [3.63, 3.8) is 0 Å². The van der Waals surface area contributed by atoms with Crippen LogP contribution in [-0.4, -0.2) is 18.3 Å². The van der Waals surface area contributed by atoms with E-state index in [9.17, 15) is 9.59 Å². The Kier molecular flexibility index (Phi) is 7.40. The van der Waals surface area contributed by atoms with E-state index in [0.29, 0.717) is 36.0 Å². The predicted molar refractivity (Wildman–Crippen MR) is 120 cm³/mol. The van der Waals surface area contributed by atoms with E-state index < -0.39 is 0 Å². The maximum atomic E-state index is 12.5. The zero-order valence-electron chi connectivity index (χ0n) is 16.9. The molecule has 0 bridgehead atoms. The van der Waals surface area contributed by atoms with E-state index in [0.717, 1.165) is 10.4 Å². The van der Waals surface area contributed by atoms with Gasteiger partial charge in [-0.3, -0.25) is 9.59 Å². The van der Waals surface area contributed by atoms with Gasteiger partial charge in [-0.05, 0) is 54.3 Å². The Labute approximate surface area is 180 Å². The van der Waals surface area contributed by atoms with Crippen molar-refractivity contribution in [2.45, 2.75) is 20.5 Å². The van der Waals surface area contributed by atoms with Crippen molar-refractivity contribution in [1.82, 2.24) is 0 Å². The zero-order chi connectivity index (χ0) is 21.3. The third-order valence-electron chi connectivity index (χ3n) is 4.11. The van der Waals surface area contributed by atoms with Crippen LogP contribution in [0.2, 0.25) is 0 Å². The highest BCUT2D eigenvalue weighted by atomic mass is 32.1. The fourth-order valence-electron chi connectivity index (χ4n) is 2.78. The van der Waals surface area contributed by atoms with Gasteiger partial charge in [0.15, 0.2) is 17.3 Å². The molecule has 1 amide bonds. The number of ether oxygens (including phenoxy) is 2. The Bertz CT molecular complexity index is 1040. The monoisotopic (exact) mass is 421 g/mol. The topological polar surface area (TPSA) is 64.6 Å². The van der Waals surface area contributed by atoms with E-state index >= 15 is 0 Å². The molecule has 0 radical (unpaired) electrons. The van der Waals surface area contributed by atoms with Gasteiger partial charge in [0.25, 0.3) is 0 Å². The summed E-state index contributed by atoms with van der Waals surface area (Å²) in [5, 5.41) is 4.69. The van der Waals surface area contributed by atoms with Crippen molar-refractivity contribution in [2.75, 3.05) is 11.9 Å². The highest BCUT2D eigenvalue weighted by Crippen LogP contribution is 2.30. The molecule has 0 unspecified atom stereocenters. The Balaban J connectivity index is 1.72. The van der Waals surface area contributed by atoms with Gasteiger partial charge < -0.3 is 14.8 Å². The minimum absolute atomic E-state index is 0.154. The Morgan fingerprint density at radius 3 is 2.63 bits per heavy atom. The molecule has 6 heteroatoms. The highest BCUT2D eigenvalue weighted by Gasteiger charge is 2.08. The first-order chi connectivity index (χ1) is 14.5. The number of hydrogen-bond acceptors (Lipinski definition) is 5. The van der Waals surface area contributed by atoms with Crippen LogP contribution < -0.4 is 14.8 Å². The molecule has 1 heterocycles. The average Bonchev–Trinajstić information content (AvgIpc) is 3.25. The second-order valence-corrected chi connectivity index (χ2v) is 7.50. The fourth-order valence-corrected chi connectivity index (χ4v) is 3.40. The lowest BCUT2D eigenvalue weighted by Gasteiger charge is -2.12. The Hall–Kier alpha value is -3.38. The summed E-state index contributed by atoms with van der Waals surface area (Å²) in [6.45, 7) is 4.34. The number of amides is 1. The molecule has 0 atom stereocenters. The SMILES string of the molecule is CCOc1cc(/C=C/C(=O)c2cccc(NC(C)=O)c2)ccc1OCc1cccs1. The van der Waals surface area contributed by atoms with E-state index in [1.807, 2.05) is 42.6 Å². The summed E-state index contributed by atoms with van der Waals surface area (Å²) in [6, 6.07) is 16.4. The molecule has 0 saturated heterocycles. The Morgan fingerprint density at radius 1 is 1.03 bits per heavy atom. The maximum absolute atomic E-state index is 12.5. The molecule has 0 spiro atoms. The number of carbonyl (C=O) groups excluding carboxylic acids is 2. The summed E-state index contributed by atoms with van der Waals surface area (Å²) < 4.78 is 11.6. The normalized spacial score (nSPS) is 10.7. The van der Waals surface area contributed by atoms with Crippen LogP contribution in [0.1, 0.15) is 34.6 Å². The third kappa shape index (κ3) is 6.06. The van der Waals surface area contributed by atoms with Gasteiger partial charge in [0.05, 0.1) is 6.61 Å². The number of allylic oxidation sites excluding steroid dienone is 1. The van der Waals surface area contributed by atoms with Crippen LogP contribution >= 0.6 is 11.3 Å². The summed E-state index contributed by atoms with van der Waals surface area (Å²) in [5.41, 5.74) is 1.92. The zero-order valence-corrected chi connectivity index (χ0v) is 17.7. The van der Waals surface area contributed by atoms with Crippen LogP contribution in [-0.2, 0) is 11.4 Å². The van der Waals surface area contributed by atoms with Gasteiger partial charge in [0, 0.05) is 23.1 Å². The molecular weight excluding hydrogens is 398 g/mol. The maximum Gasteiger partial charge on any atom is 0.221 e. The van der Waals surface area contributed by atoms with E-state index in [-0.39, 0.29) is 11.7 Å². The molecule has 3 aromatic rings. The highest BCUT2D eigenvalue weighted by molar-refractivity contribution is 7.09. The van der Waals surface area contributed by atoms with Crippen molar-refractivity contribution < 1.29 is 19.1 Å². The molecule has 5 nitrogen and oxygen atoms in total. The number of carbonyl (C=O) groups is 2. The smallest absolute Gasteiger partial charge is 0.221 e. The number of ketones is 1. The van der Waals surface area contributed by atoms with Crippen LogP contribution in [0.3, 0.4) is 0 Å². The largest absolute Gasteiger partial charge is 0.490 e. The van der Waals surface area contributed by atoms with Crippen molar-refractivity contribution in [3.05, 3.63) is 82.1 Å². The number of hydrogen-bond donors (Lipinski definition) is 1. The summed E-state index contributed by atoms with van der Waals surface area (Å²) in [5.74, 6) is 0.964.